The molecule has 1 aromatic carbocycles. The van der Waals surface area contributed by atoms with Crippen molar-refractivity contribution in [2.24, 2.45) is 7.05 Å². The number of aryl methyl sites for hydroxylation is 1. The van der Waals surface area contributed by atoms with E-state index in [1.54, 1.807) is 24.0 Å². The van der Waals surface area contributed by atoms with E-state index in [9.17, 15) is 4.39 Å². The van der Waals surface area contributed by atoms with Gasteiger partial charge in [0.25, 0.3) is 0 Å². The Morgan fingerprint density at radius 2 is 1.90 bits per heavy atom. The van der Waals surface area contributed by atoms with Crippen LogP contribution in [0, 0.1) is 5.82 Å². The van der Waals surface area contributed by atoms with Crippen molar-refractivity contribution in [1.82, 2.24) is 9.78 Å². The number of nitrogen functional groups attached to an aromatic ring is 1. The zero-order valence-electron chi connectivity index (χ0n) is 11.6. The van der Waals surface area contributed by atoms with Crippen molar-refractivity contribution >= 4 is 11.5 Å². The average Bonchev–Trinajstić information content (AvgIpc) is 2.80. The number of nitrogens with zero attached hydrogens (tertiary/aromatic N) is 3. The van der Waals surface area contributed by atoms with Crippen LogP contribution in [0.25, 0.3) is 11.1 Å². The highest BCUT2D eigenvalue weighted by Crippen LogP contribution is 2.35. The monoisotopic (exact) mass is 274 g/mol. The summed E-state index contributed by atoms with van der Waals surface area (Å²) >= 11 is 0. The number of aromatic nitrogens is 2. The molecule has 2 N–H and O–H groups in total. The highest BCUT2D eigenvalue weighted by atomic mass is 19.1. The summed E-state index contributed by atoms with van der Waals surface area (Å²) in [5, 5.41) is 4.16. The third kappa shape index (κ3) is 2.24. The Labute approximate surface area is 118 Å². The third-order valence-corrected chi connectivity index (χ3v) is 3.93. The molecule has 1 aromatic heterocycles. The smallest absolute Gasteiger partial charge is 0.129 e. The lowest BCUT2D eigenvalue weighted by Crippen LogP contribution is -2.29. The Bertz CT molecular complexity index is 614. The van der Waals surface area contributed by atoms with E-state index in [-0.39, 0.29) is 5.82 Å². The van der Waals surface area contributed by atoms with Crippen molar-refractivity contribution in [1.29, 1.82) is 0 Å². The minimum atomic E-state index is -0.246. The van der Waals surface area contributed by atoms with Crippen LogP contribution < -0.4 is 10.6 Å². The summed E-state index contributed by atoms with van der Waals surface area (Å²) in [6.07, 6.45) is 5.33. The van der Waals surface area contributed by atoms with Crippen LogP contribution in [0.4, 0.5) is 15.9 Å². The van der Waals surface area contributed by atoms with E-state index in [0.717, 1.165) is 29.9 Å². The predicted octanol–water partition coefficient (Wildman–Crippen LogP) is 2.80. The van der Waals surface area contributed by atoms with Crippen molar-refractivity contribution in [3.05, 3.63) is 30.2 Å². The molecule has 1 saturated heterocycles. The van der Waals surface area contributed by atoms with Crippen LogP contribution in [0.15, 0.2) is 24.4 Å². The molecule has 1 aliphatic heterocycles. The summed E-state index contributed by atoms with van der Waals surface area (Å²) in [4.78, 5) is 2.31. The molecule has 1 aliphatic rings. The van der Waals surface area contributed by atoms with Crippen molar-refractivity contribution in [2.75, 3.05) is 23.7 Å². The Balaban J connectivity index is 2.08. The van der Waals surface area contributed by atoms with Crippen LogP contribution in [-0.4, -0.2) is 22.9 Å². The summed E-state index contributed by atoms with van der Waals surface area (Å²) in [6.45, 7) is 2.03. The van der Waals surface area contributed by atoms with E-state index < -0.39 is 0 Å². The topological polar surface area (TPSA) is 47.1 Å². The summed E-state index contributed by atoms with van der Waals surface area (Å²) in [7, 11) is 1.79. The highest BCUT2D eigenvalue weighted by molar-refractivity contribution is 5.84. The van der Waals surface area contributed by atoms with Crippen LogP contribution in [0.5, 0.6) is 0 Å². The minimum absolute atomic E-state index is 0.246. The van der Waals surface area contributed by atoms with E-state index in [1.807, 2.05) is 6.07 Å². The summed E-state index contributed by atoms with van der Waals surface area (Å²) in [5.41, 5.74) is 8.72. The van der Waals surface area contributed by atoms with Crippen LogP contribution in [0.3, 0.4) is 0 Å². The van der Waals surface area contributed by atoms with Gasteiger partial charge in [-0.15, -0.1) is 0 Å². The third-order valence-electron chi connectivity index (χ3n) is 3.93. The molecule has 0 unspecified atom stereocenters. The predicted molar refractivity (Wildman–Crippen MR) is 79.1 cm³/mol. The largest absolute Gasteiger partial charge is 0.383 e. The van der Waals surface area contributed by atoms with Crippen molar-refractivity contribution < 1.29 is 4.39 Å². The lowest BCUT2D eigenvalue weighted by molar-refractivity contribution is 0.577. The van der Waals surface area contributed by atoms with Crippen molar-refractivity contribution in [3.8, 4) is 11.1 Å². The fourth-order valence-corrected chi connectivity index (χ4v) is 2.79. The number of rotatable bonds is 2. The van der Waals surface area contributed by atoms with Gasteiger partial charge in [0.15, 0.2) is 0 Å². The number of nitrogens with two attached hydrogens (primary N) is 1. The van der Waals surface area contributed by atoms with Crippen LogP contribution in [-0.2, 0) is 7.05 Å². The van der Waals surface area contributed by atoms with Crippen molar-refractivity contribution in [2.45, 2.75) is 19.3 Å². The van der Waals surface area contributed by atoms with Gasteiger partial charge in [0.2, 0.25) is 0 Å². The lowest BCUT2D eigenvalue weighted by atomic mass is 10.0. The molecule has 0 aliphatic carbocycles. The first-order chi connectivity index (χ1) is 9.66. The normalized spacial score (nSPS) is 15.6. The van der Waals surface area contributed by atoms with Gasteiger partial charge in [0.05, 0.1) is 6.20 Å². The van der Waals surface area contributed by atoms with E-state index >= 15 is 0 Å². The molecule has 3 rings (SSSR count). The molecular weight excluding hydrogens is 255 g/mol. The van der Waals surface area contributed by atoms with Crippen LogP contribution in [0.2, 0.25) is 0 Å². The zero-order valence-corrected chi connectivity index (χ0v) is 11.6. The van der Waals surface area contributed by atoms with Crippen LogP contribution >= 0.6 is 0 Å². The summed E-state index contributed by atoms with van der Waals surface area (Å²) < 4.78 is 15.3. The molecule has 0 amide bonds. The first-order valence-corrected chi connectivity index (χ1v) is 6.99. The lowest BCUT2D eigenvalue weighted by Gasteiger charge is -2.30. The molecule has 0 spiro atoms. The summed E-state index contributed by atoms with van der Waals surface area (Å²) in [5.74, 6) is 0.317. The van der Waals surface area contributed by atoms with Crippen molar-refractivity contribution in [3.63, 3.8) is 0 Å². The molecule has 0 radical (unpaired) electrons. The molecular formula is C15H19FN4. The second-order valence-electron chi connectivity index (χ2n) is 5.28. The van der Waals surface area contributed by atoms with Gasteiger partial charge in [0, 0.05) is 37.0 Å². The fourth-order valence-electron chi connectivity index (χ4n) is 2.79. The number of hydrogen-bond acceptors (Lipinski definition) is 3. The average molecular weight is 274 g/mol. The van der Waals surface area contributed by atoms with E-state index in [4.69, 9.17) is 5.73 Å². The van der Waals surface area contributed by atoms with Gasteiger partial charge in [-0.2, -0.15) is 5.10 Å². The van der Waals surface area contributed by atoms with Gasteiger partial charge in [-0.1, -0.05) is 0 Å². The Morgan fingerprint density at radius 1 is 1.15 bits per heavy atom. The SMILES string of the molecule is Cn1ncc(-c2cc(F)ccc2N2CCCCC2)c1N. The maximum atomic E-state index is 13.7. The number of anilines is 2. The van der Waals surface area contributed by atoms with E-state index in [1.165, 1.54) is 25.3 Å². The number of hydrogen-bond donors (Lipinski definition) is 1. The van der Waals surface area contributed by atoms with Crippen LogP contribution in [0.1, 0.15) is 19.3 Å². The molecule has 0 saturated carbocycles. The second-order valence-corrected chi connectivity index (χ2v) is 5.28. The van der Waals surface area contributed by atoms with Gasteiger partial charge in [0.1, 0.15) is 11.6 Å². The standard InChI is InChI=1S/C15H19FN4/c1-19-15(17)13(10-18-19)12-9-11(16)5-6-14(12)20-7-3-2-4-8-20/h5-6,9-10H,2-4,7-8,17H2,1H3. The Kier molecular flexibility index (Phi) is 3.34. The molecule has 0 atom stereocenters. The molecule has 20 heavy (non-hydrogen) atoms. The molecule has 0 bridgehead atoms. The highest BCUT2D eigenvalue weighted by Gasteiger charge is 2.18. The van der Waals surface area contributed by atoms with E-state index in [0.29, 0.717) is 5.82 Å². The first-order valence-electron chi connectivity index (χ1n) is 6.99. The first kappa shape index (κ1) is 13.0. The molecule has 4 nitrogen and oxygen atoms in total. The van der Waals surface area contributed by atoms with Gasteiger partial charge in [-0.3, -0.25) is 4.68 Å². The van der Waals surface area contributed by atoms with Gasteiger partial charge >= 0.3 is 0 Å². The number of halogens is 1. The minimum Gasteiger partial charge on any atom is -0.383 e. The molecule has 106 valence electrons. The second kappa shape index (κ2) is 5.15. The Morgan fingerprint density at radius 3 is 2.55 bits per heavy atom. The maximum Gasteiger partial charge on any atom is 0.129 e. The fraction of sp³-hybridized carbons (Fsp3) is 0.400. The molecule has 2 aromatic rings. The van der Waals surface area contributed by atoms with Gasteiger partial charge in [-0.05, 0) is 37.5 Å². The molecule has 1 fully saturated rings. The molecule has 5 heteroatoms. The number of benzene rings is 1. The zero-order chi connectivity index (χ0) is 14.1. The Hall–Kier alpha value is -2.04. The van der Waals surface area contributed by atoms with Gasteiger partial charge < -0.3 is 10.6 Å². The molecule has 2 heterocycles. The van der Waals surface area contributed by atoms with Gasteiger partial charge in [-0.25, -0.2) is 4.39 Å². The maximum absolute atomic E-state index is 13.7. The van der Waals surface area contributed by atoms with E-state index in [2.05, 4.69) is 10.00 Å². The number of piperidine rings is 1. The quantitative estimate of drug-likeness (QED) is 0.916. The summed E-state index contributed by atoms with van der Waals surface area (Å²) in [6, 6.07) is 4.92.